The quantitative estimate of drug-likeness (QED) is 0.0409. The van der Waals surface area contributed by atoms with Gasteiger partial charge in [-0.3, -0.25) is 67.1 Å². The molecular formula is C77H135N17O14. The minimum absolute atomic E-state index is 0.0153. The maximum atomic E-state index is 14.5. The number of rotatable bonds is 51. The zero-order valence-corrected chi connectivity index (χ0v) is 67.3. The number of carbonyl (C=O) groups excluding carboxylic acids is 14. The van der Waals surface area contributed by atoms with Gasteiger partial charge in [0.25, 0.3) is 0 Å². The number of nitrogens with two attached hydrogens (primary N) is 4. The van der Waals surface area contributed by atoms with E-state index in [0.717, 1.165) is 5.56 Å². The van der Waals surface area contributed by atoms with Crippen LogP contribution in [-0.4, -0.2) is 193 Å². The van der Waals surface area contributed by atoms with Crippen LogP contribution >= 0.6 is 0 Å². The lowest BCUT2D eigenvalue weighted by Gasteiger charge is -2.32. The van der Waals surface area contributed by atoms with Crippen molar-refractivity contribution in [3.63, 3.8) is 0 Å². The number of nitrogens with zero attached hydrogens (tertiary/aromatic N) is 1. The Kier molecular flexibility index (Phi) is 44.0. The van der Waals surface area contributed by atoms with Gasteiger partial charge in [0.15, 0.2) is 0 Å². The Balaban J connectivity index is 2.30. The van der Waals surface area contributed by atoms with E-state index in [9.17, 15) is 67.1 Å². The molecule has 1 aliphatic heterocycles. The number of benzene rings is 1. The molecule has 1 aromatic carbocycles. The van der Waals surface area contributed by atoms with Gasteiger partial charge < -0.3 is 91.6 Å². The van der Waals surface area contributed by atoms with Crippen molar-refractivity contribution in [3.05, 3.63) is 35.9 Å². The molecule has 1 aliphatic rings. The van der Waals surface area contributed by atoms with Crippen LogP contribution in [0.2, 0.25) is 0 Å². The van der Waals surface area contributed by atoms with Crippen molar-refractivity contribution in [1.82, 2.24) is 68.7 Å². The number of likely N-dealkylation sites (tertiary alicyclic amines) is 1. The standard InChI is InChI=1S/C77H135N17O14/c1-17-50(16)65(93-73(104)59(38-47(10)11)89-74(105)61-30-25-33-94(61)77(108)60(39-48(12)13)91-67(98)52(80)40-51-26-19-18-20-27-51)76(107)90-56(35-44(4)5)69(100)83-41-62(95)84-54(29-22-24-32-79)70(101)88-58(37-46(8)9)72(103)92-64(49(14)15)75(106)86-53(28-21-23-31-78)68(99)82-42-63(96)85-57(36-45(6)7)71(102)87-55(66(81)97)34-43(2)3/h18-20,26-27,43-50,52-61,64-65H,17,21-25,28-42,78-80H2,1-16H3,(H2,81,97)(H,82,99)(H,83,100)(H,84,95)(H,85,96)(H,86,106)(H,87,102)(H,88,101)(H,89,105)(H,90,107)(H,91,98)(H,92,103)(H,93,104)/t50-,52-,53-,54-,55-,56-,57-,58-,59-,60-,61-,64-,65-/m0/s1. The summed E-state index contributed by atoms with van der Waals surface area (Å²) in [4.78, 5) is 196. The molecule has 0 bridgehead atoms. The highest BCUT2D eigenvalue weighted by Gasteiger charge is 2.42. The van der Waals surface area contributed by atoms with E-state index in [1.54, 1.807) is 20.8 Å². The van der Waals surface area contributed by atoms with Gasteiger partial charge in [-0.15, -0.1) is 0 Å². The third-order valence-electron chi connectivity index (χ3n) is 18.6. The SMILES string of the molecule is CC[C@H](C)[C@H](NC(=O)[C@H](CC(C)C)NC(=O)[C@@H]1CCCN1C(=O)[C@H](CC(C)C)NC(=O)[C@@H](N)Cc1ccccc1)C(=O)N[C@@H](CC(C)C)C(=O)NCC(=O)N[C@@H](CCCCN)C(=O)N[C@@H](CC(C)C)C(=O)N[C@H](C(=O)N[C@@H](CCCCN)C(=O)NCC(=O)N[C@@H](CC(C)C)C(=O)N[C@@H](CC(C)C)C(N)=O)C(C)C. The normalized spacial score (nSPS) is 16.3. The third kappa shape index (κ3) is 35.8. The number of carbonyl (C=O) groups is 14. The van der Waals surface area contributed by atoms with Crippen molar-refractivity contribution in [2.24, 2.45) is 70.3 Å². The van der Waals surface area contributed by atoms with Crippen LogP contribution in [0, 0.1) is 47.3 Å². The zero-order valence-electron chi connectivity index (χ0n) is 67.3. The van der Waals surface area contributed by atoms with Crippen LogP contribution in [0.25, 0.3) is 0 Å². The smallest absolute Gasteiger partial charge is 0.245 e. The first-order chi connectivity index (χ1) is 50.7. The topological polar surface area (TPSA) is 491 Å². The third-order valence-corrected chi connectivity index (χ3v) is 18.6. The number of primary amides is 1. The predicted octanol–water partition coefficient (Wildman–Crippen LogP) is 1.35. The van der Waals surface area contributed by atoms with Crippen LogP contribution in [0.4, 0.5) is 0 Å². The maximum absolute atomic E-state index is 14.5. The highest BCUT2D eigenvalue weighted by atomic mass is 16.2. The molecule has 0 spiro atoms. The van der Waals surface area contributed by atoms with E-state index in [-0.39, 0.29) is 113 Å². The second kappa shape index (κ2) is 49.7. The Labute approximate surface area is 640 Å². The molecule has 1 heterocycles. The van der Waals surface area contributed by atoms with Crippen LogP contribution in [0.15, 0.2) is 30.3 Å². The first-order valence-electron chi connectivity index (χ1n) is 39.1. The summed E-state index contributed by atoms with van der Waals surface area (Å²) in [6.07, 6.45) is 4.42. The molecular weight excluding hydrogens is 1390 g/mol. The molecule has 2 rings (SSSR count). The number of amides is 14. The lowest BCUT2D eigenvalue weighted by molar-refractivity contribution is -0.142. The summed E-state index contributed by atoms with van der Waals surface area (Å²) in [5.41, 5.74) is 24.3. The fourth-order valence-electron chi connectivity index (χ4n) is 12.6. The lowest BCUT2D eigenvalue weighted by atomic mass is 9.95. The Bertz CT molecular complexity index is 3060. The molecule has 13 atom stereocenters. The minimum Gasteiger partial charge on any atom is -0.368 e. The van der Waals surface area contributed by atoms with Crippen molar-refractivity contribution in [2.75, 3.05) is 32.7 Å². The molecule has 14 amide bonds. The molecule has 0 unspecified atom stereocenters. The van der Waals surface area contributed by atoms with E-state index >= 15 is 0 Å². The van der Waals surface area contributed by atoms with Gasteiger partial charge in [-0.25, -0.2) is 0 Å². The number of nitrogens with one attached hydrogen (secondary N) is 12. The predicted molar refractivity (Wildman–Crippen MR) is 414 cm³/mol. The Morgan fingerprint density at radius 1 is 0.426 bits per heavy atom. The molecule has 1 saturated heterocycles. The van der Waals surface area contributed by atoms with Crippen molar-refractivity contribution in [3.8, 4) is 0 Å². The largest absolute Gasteiger partial charge is 0.368 e. The van der Waals surface area contributed by atoms with E-state index < -0.39 is 180 Å². The molecule has 108 heavy (non-hydrogen) atoms. The van der Waals surface area contributed by atoms with E-state index in [4.69, 9.17) is 22.9 Å². The van der Waals surface area contributed by atoms with E-state index in [0.29, 0.717) is 44.9 Å². The molecule has 1 aromatic rings. The second-order valence-corrected chi connectivity index (χ2v) is 31.9. The van der Waals surface area contributed by atoms with E-state index in [1.807, 2.05) is 120 Å². The molecule has 0 aromatic heterocycles. The molecule has 20 N–H and O–H groups in total. The highest BCUT2D eigenvalue weighted by molar-refractivity contribution is 6.00. The summed E-state index contributed by atoms with van der Waals surface area (Å²) < 4.78 is 0. The van der Waals surface area contributed by atoms with Gasteiger partial charge in [-0.1, -0.05) is 148 Å². The fourth-order valence-corrected chi connectivity index (χ4v) is 12.6. The number of hydrogen-bond acceptors (Lipinski definition) is 17. The van der Waals surface area contributed by atoms with Crippen LogP contribution in [0.3, 0.4) is 0 Å². The molecule has 31 heteroatoms. The first kappa shape index (κ1) is 95.8. The average molecular weight is 1520 g/mol. The second-order valence-electron chi connectivity index (χ2n) is 31.9. The Morgan fingerprint density at radius 3 is 1.27 bits per heavy atom. The van der Waals surface area contributed by atoms with Crippen LogP contribution in [-0.2, 0) is 73.5 Å². The minimum atomic E-state index is -1.26. The first-order valence-corrected chi connectivity index (χ1v) is 39.1. The van der Waals surface area contributed by atoms with Crippen molar-refractivity contribution in [2.45, 2.75) is 286 Å². The van der Waals surface area contributed by atoms with Crippen LogP contribution in [0.1, 0.15) is 213 Å². The lowest BCUT2D eigenvalue weighted by Crippen LogP contribution is -2.60. The van der Waals surface area contributed by atoms with Crippen molar-refractivity contribution < 1.29 is 67.1 Å². The maximum Gasteiger partial charge on any atom is 0.245 e. The summed E-state index contributed by atoms with van der Waals surface area (Å²) in [6, 6.07) is -4.22. The van der Waals surface area contributed by atoms with Gasteiger partial charge in [0.05, 0.1) is 19.1 Å². The van der Waals surface area contributed by atoms with Crippen molar-refractivity contribution in [1.29, 1.82) is 0 Å². The summed E-state index contributed by atoms with van der Waals surface area (Å²) in [7, 11) is 0. The van der Waals surface area contributed by atoms with E-state index in [2.05, 4.69) is 63.8 Å². The summed E-state index contributed by atoms with van der Waals surface area (Å²) >= 11 is 0. The summed E-state index contributed by atoms with van der Waals surface area (Å²) in [5.74, 6) is -11.1. The van der Waals surface area contributed by atoms with Crippen LogP contribution in [0.5, 0.6) is 0 Å². The zero-order chi connectivity index (χ0) is 81.7. The summed E-state index contributed by atoms with van der Waals surface area (Å²) in [6.45, 7) is 28.7. The van der Waals surface area contributed by atoms with E-state index in [1.165, 1.54) is 4.90 Å². The number of hydrogen-bond donors (Lipinski definition) is 16. The Hall–Kier alpha value is -8.32. The molecule has 612 valence electrons. The highest BCUT2D eigenvalue weighted by Crippen LogP contribution is 2.23. The monoisotopic (exact) mass is 1520 g/mol. The molecule has 0 saturated carbocycles. The molecule has 0 aliphatic carbocycles. The fraction of sp³-hybridized carbons (Fsp3) is 0.740. The molecule has 0 radical (unpaired) electrons. The molecule has 1 fully saturated rings. The average Bonchev–Trinajstić information content (AvgIpc) is 1.62. The van der Waals surface area contributed by atoms with Gasteiger partial charge in [0.2, 0.25) is 82.7 Å². The Morgan fingerprint density at radius 2 is 0.796 bits per heavy atom. The van der Waals surface area contributed by atoms with Gasteiger partial charge in [0, 0.05) is 6.54 Å². The summed E-state index contributed by atoms with van der Waals surface area (Å²) in [5, 5.41) is 32.7. The van der Waals surface area contributed by atoms with Gasteiger partial charge >= 0.3 is 0 Å². The van der Waals surface area contributed by atoms with Crippen LogP contribution < -0.4 is 86.7 Å². The van der Waals surface area contributed by atoms with Gasteiger partial charge in [-0.05, 0) is 162 Å². The number of unbranched alkanes of at least 4 members (excludes halogenated alkanes) is 2. The van der Waals surface area contributed by atoms with Gasteiger partial charge in [0.1, 0.15) is 66.5 Å². The van der Waals surface area contributed by atoms with Gasteiger partial charge in [-0.2, -0.15) is 0 Å². The molecule has 31 nitrogen and oxygen atoms in total. The van der Waals surface area contributed by atoms with Crippen molar-refractivity contribution >= 4 is 82.7 Å².